The molecule has 1 heterocycles. The number of oxime groups is 1. The Kier molecular flexibility index (Phi) is 5.23. The highest BCUT2D eigenvalue weighted by Gasteiger charge is 2.39. The fraction of sp³-hybridized carbons (Fsp3) is 0.857. The van der Waals surface area contributed by atoms with Crippen molar-refractivity contribution in [2.75, 3.05) is 13.2 Å². The minimum Gasteiger partial charge on any atom is -0.409 e. The standard InChI is InChI=1S/C14H25N3O3/c1-2-5-10(13(15)16-19)14(18)17-8-9-20-12-7-4-3-6-11(12)17/h10-12,19H,2-9H2,1H3,(H2,15,16). The summed E-state index contributed by atoms with van der Waals surface area (Å²) in [6.45, 7) is 3.19. The SMILES string of the molecule is CCCC(C(=O)N1CCOC2CCCCC21)C(N)=NO. The van der Waals surface area contributed by atoms with Crippen LogP contribution in [0.15, 0.2) is 5.16 Å². The maximum atomic E-state index is 12.7. The summed E-state index contributed by atoms with van der Waals surface area (Å²) in [7, 11) is 0. The summed E-state index contributed by atoms with van der Waals surface area (Å²) in [4.78, 5) is 14.7. The van der Waals surface area contributed by atoms with Crippen LogP contribution in [0.3, 0.4) is 0 Å². The lowest BCUT2D eigenvalue weighted by Crippen LogP contribution is -2.57. The molecule has 114 valence electrons. The van der Waals surface area contributed by atoms with Crippen LogP contribution in [0.25, 0.3) is 0 Å². The van der Waals surface area contributed by atoms with E-state index in [1.165, 1.54) is 6.42 Å². The van der Waals surface area contributed by atoms with Crippen molar-refractivity contribution in [2.24, 2.45) is 16.8 Å². The zero-order valence-electron chi connectivity index (χ0n) is 12.1. The van der Waals surface area contributed by atoms with Gasteiger partial charge in [-0.2, -0.15) is 0 Å². The number of fused-ring (bicyclic) bond motifs is 1. The molecule has 0 bridgehead atoms. The predicted octanol–water partition coefficient (Wildman–Crippen LogP) is 1.32. The van der Waals surface area contributed by atoms with Crippen LogP contribution in [0.2, 0.25) is 0 Å². The minimum absolute atomic E-state index is 0.0117. The molecule has 3 unspecified atom stereocenters. The maximum absolute atomic E-state index is 12.7. The van der Waals surface area contributed by atoms with Crippen molar-refractivity contribution < 1.29 is 14.7 Å². The molecule has 20 heavy (non-hydrogen) atoms. The van der Waals surface area contributed by atoms with Crippen molar-refractivity contribution in [1.29, 1.82) is 0 Å². The normalized spacial score (nSPS) is 28.9. The molecule has 2 fully saturated rings. The highest BCUT2D eigenvalue weighted by Crippen LogP contribution is 2.29. The van der Waals surface area contributed by atoms with Gasteiger partial charge in [0.1, 0.15) is 0 Å². The van der Waals surface area contributed by atoms with Gasteiger partial charge in [0, 0.05) is 6.54 Å². The Hall–Kier alpha value is -1.30. The lowest BCUT2D eigenvalue weighted by atomic mass is 9.88. The monoisotopic (exact) mass is 283 g/mol. The molecular weight excluding hydrogens is 258 g/mol. The van der Waals surface area contributed by atoms with E-state index in [2.05, 4.69) is 5.16 Å². The summed E-state index contributed by atoms with van der Waals surface area (Å²) in [5.74, 6) is -0.497. The molecule has 1 aliphatic heterocycles. The smallest absolute Gasteiger partial charge is 0.233 e. The van der Waals surface area contributed by atoms with Crippen molar-refractivity contribution in [2.45, 2.75) is 57.6 Å². The van der Waals surface area contributed by atoms with E-state index in [9.17, 15) is 4.79 Å². The molecule has 1 saturated carbocycles. The zero-order valence-corrected chi connectivity index (χ0v) is 12.1. The Morgan fingerprint density at radius 3 is 2.95 bits per heavy atom. The molecule has 0 aromatic rings. The zero-order chi connectivity index (χ0) is 14.5. The average Bonchev–Trinajstić information content (AvgIpc) is 2.50. The van der Waals surface area contributed by atoms with Crippen LogP contribution in [0.4, 0.5) is 0 Å². The van der Waals surface area contributed by atoms with Gasteiger partial charge in [0.2, 0.25) is 5.91 Å². The van der Waals surface area contributed by atoms with Gasteiger partial charge in [-0.15, -0.1) is 0 Å². The summed E-state index contributed by atoms with van der Waals surface area (Å²) < 4.78 is 5.78. The number of morpholine rings is 1. The summed E-state index contributed by atoms with van der Waals surface area (Å²) in [6.07, 6.45) is 5.92. The van der Waals surface area contributed by atoms with Gasteiger partial charge in [0.05, 0.1) is 24.7 Å². The van der Waals surface area contributed by atoms with Crippen molar-refractivity contribution in [3.63, 3.8) is 0 Å². The van der Waals surface area contributed by atoms with E-state index in [0.717, 1.165) is 25.7 Å². The number of nitrogens with zero attached hydrogens (tertiary/aromatic N) is 2. The number of nitrogens with two attached hydrogens (primary N) is 1. The minimum atomic E-state index is -0.509. The van der Waals surface area contributed by atoms with E-state index < -0.39 is 5.92 Å². The Morgan fingerprint density at radius 2 is 2.25 bits per heavy atom. The molecule has 0 aromatic heterocycles. The number of carbonyl (C=O) groups excluding carboxylic acids is 1. The topological polar surface area (TPSA) is 88.2 Å². The fourth-order valence-electron chi connectivity index (χ4n) is 3.33. The Bertz CT molecular complexity index is 371. The Morgan fingerprint density at radius 1 is 1.50 bits per heavy atom. The van der Waals surface area contributed by atoms with Crippen LogP contribution in [-0.2, 0) is 9.53 Å². The highest BCUT2D eigenvalue weighted by molar-refractivity contribution is 6.02. The average molecular weight is 283 g/mol. The molecule has 6 nitrogen and oxygen atoms in total. The van der Waals surface area contributed by atoms with Gasteiger partial charge < -0.3 is 20.6 Å². The number of hydrogen-bond acceptors (Lipinski definition) is 4. The van der Waals surface area contributed by atoms with E-state index in [1.807, 2.05) is 11.8 Å². The first-order valence-electron chi connectivity index (χ1n) is 7.58. The lowest BCUT2D eigenvalue weighted by molar-refractivity contribution is -0.151. The molecular formula is C14H25N3O3. The van der Waals surface area contributed by atoms with Gasteiger partial charge in [-0.25, -0.2) is 0 Å². The molecule has 1 aliphatic carbocycles. The van der Waals surface area contributed by atoms with E-state index in [1.54, 1.807) is 0 Å². The van der Waals surface area contributed by atoms with Crippen LogP contribution < -0.4 is 5.73 Å². The summed E-state index contributed by atoms with van der Waals surface area (Å²) in [6, 6.07) is 0.163. The van der Waals surface area contributed by atoms with Crippen molar-refractivity contribution in [1.82, 2.24) is 4.90 Å². The third kappa shape index (κ3) is 3.06. The molecule has 1 amide bonds. The molecule has 2 aliphatic rings. The van der Waals surface area contributed by atoms with E-state index >= 15 is 0 Å². The summed E-state index contributed by atoms with van der Waals surface area (Å²) >= 11 is 0. The van der Waals surface area contributed by atoms with Gasteiger partial charge in [0.15, 0.2) is 5.84 Å². The Labute approximate surface area is 119 Å². The van der Waals surface area contributed by atoms with E-state index in [-0.39, 0.29) is 23.9 Å². The summed E-state index contributed by atoms with van der Waals surface area (Å²) in [5, 5.41) is 11.9. The molecule has 2 rings (SSSR count). The second-order valence-electron chi connectivity index (χ2n) is 5.66. The van der Waals surface area contributed by atoms with E-state index in [4.69, 9.17) is 15.7 Å². The molecule has 0 radical (unpaired) electrons. The largest absolute Gasteiger partial charge is 0.409 e. The molecule has 0 aromatic carbocycles. The fourth-order valence-corrected chi connectivity index (χ4v) is 3.33. The lowest BCUT2D eigenvalue weighted by Gasteiger charge is -2.44. The number of carbonyl (C=O) groups is 1. The van der Waals surface area contributed by atoms with Gasteiger partial charge in [0.25, 0.3) is 0 Å². The first-order valence-corrected chi connectivity index (χ1v) is 7.58. The van der Waals surface area contributed by atoms with Crippen LogP contribution in [0.1, 0.15) is 45.4 Å². The molecule has 3 atom stereocenters. The molecule has 3 N–H and O–H groups in total. The number of amides is 1. The van der Waals surface area contributed by atoms with E-state index in [0.29, 0.717) is 19.6 Å². The van der Waals surface area contributed by atoms with Crippen LogP contribution in [0, 0.1) is 5.92 Å². The van der Waals surface area contributed by atoms with Gasteiger partial charge in [-0.1, -0.05) is 31.3 Å². The van der Waals surface area contributed by atoms with Crippen molar-refractivity contribution >= 4 is 11.7 Å². The third-order valence-electron chi connectivity index (χ3n) is 4.36. The van der Waals surface area contributed by atoms with Crippen LogP contribution in [-0.4, -0.2) is 47.1 Å². The van der Waals surface area contributed by atoms with Gasteiger partial charge in [-0.05, 0) is 19.3 Å². The van der Waals surface area contributed by atoms with Gasteiger partial charge >= 0.3 is 0 Å². The quantitative estimate of drug-likeness (QED) is 0.352. The number of rotatable bonds is 4. The second-order valence-corrected chi connectivity index (χ2v) is 5.66. The first-order chi connectivity index (χ1) is 9.69. The number of ether oxygens (including phenoxy) is 1. The molecule has 0 spiro atoms. The highest BCUT2D eigenvalue weighted by atomic mass is 16.5. The van der Waals surface area contributed by atoms with Crippen molar-refractivity contribution in [3.8, 4) is 0 Å². The number of amidine groups is 1. The maximum Gasteiger partial charge on any atom is 0.233 e. The molecule has 1 saturated heterocycles. The molecule has 6 heteroatoms. The Balaban J connectivity index is 2.12. The predicted molar refractivity (Wildman–Crippen MR) is 75.5 cm³/mol. The van der Waals surface area contributed by atoms with Crippen LogP contribution in [0.5, 0.6) is 0 Å². The third-order valence-corrected chi connectivity index (χ3v) is 4.36. The summed E-state index contributed by atoms with van der Waals surface area (Å²) in [5.41, 5.74) is 5.70. The number of hydrogen-bond donors (Lipinski definition) is 2. The second kappa shape index (κ2) is 6.92. The first kappa shape index (κ1) is 15.1. The van der Waals surface area contributed by atoms with Gasteiger partial charge in [-0.3, -0.25) is 4.79 Å². The van der Waals surface area contributed by atoms with Crippen molar-refractivity contribution in [3.05, 3.63) is 0 Å². The van der Waals surface area contributed by atoms with Crippen LogP contribution >= 0.6 is 0 Å².